The third kappa shape index (κ3) is 3.83. The van der Waals surface area contributed by atoms with Crippen molar-refractivity contribution in [2.24, 2.45) is 0 Å². The Morgan fingerprint density at radius 3 is 2.67 bits per heavy atom. The van der Waals surface area contributed by atoms with Crippen LogP contribution in [0.3, 0.4) is 0 Å². The molecule has 0 heterocycles. The van der Waals surface area contributed by atoms with Crippen LogP contribution >= 0.6 is 15.9 Å². The van der Waals surface area contributed by atoms with Gasteiger partial charge in [-0.05, 0) is 44.0 Å². The molecule has 110 valence electrons. The molecule has 0 spiro atoms. The summed E-state index contributed by atoms with van der Waals surface area (Å²) in [4.78, 5) is 0. The first kappa shape index (κ1) is 14.5. The Bertz CT molecular complexity index is 655. The summed E-state index contributed by atoms with van der Waals surface area (Å²) in [7, 11) is 0. The van der Waals surface area contributed by atoms with Gasteiger partial charge in [0.1, 0.15) is 5.75 Å². The van der Waals surface area contributed by atoms with Crippen LogP contribution in [0.5, 0.6) is 11.5 Å². The highest BCUT2D eigenvalue weighted by molar-refractivity contribution is 9.10. The average Bonchev–Trinajstić information content (AvgIpc) is 3.26. The second kappa shape index (κ2) is 6.16. The molecule has 3 rings (SSSR count). The van der Waals surface area contributed by atoms with Crippen LogP contribution in [0.15, 0.2) is 40.9 Å². The molecule has 2 nitrogen and oxygen atoms in total. The highest BCUT2D eigenvalue weighted by atomic mass is 79.9. The molecular formula is C17H17BrFNO. The van der Waals surface area contributed by atoms with E-state index in [4.69, 9.17) is 4.74 Å². The van der Waals surface area contributed by atoms with Crippen molar-refractivity contribution in [1.82, 2.24) is 5.32 Å². The van der Waals surface area contributed by atoms with Crippen molar-refractivity contribution in [3.05, 3.63) is 57.8 Å². The summed E-state index contributed by atoms with van der Waals surface area (Å²) < 4.78 is 20.4. The van der Waals surface area contributed by atoms with Gasteiger partial charge in [-0.1, -0.05) is 33.6 Å². The van der Waals surface area contributed by atoms with Crippen molar-refractivity contribution in [2.45, 2.75) is 32.4 Å². The molecule has 1 fully saturated rings. The molecule has 1 N–H and O–H groups in total. The Hall–Kier alpha value is -1.39. The summed E-state index contributed by atoms with van der Waals surface area (Å²) in [5.74, 6) is 0.579. The van der Waals surface area contributed by atoms with Gasteiger partial charge in [-0.3, -0.25) is 0 Å². The first-order valence-corrected chi connectivity index (χ1v) is 7.87. The van der Waals surface area contributed by atoms with Crippen molar-refractivity contribution in [3.63, 3.8) is 0 Å². The molecule has 4 heteroatoms. The third-order valence-corrected chi connectivity index (χ3v) is 3.98. The fraction of sp³-hybridized carbons (Fsp3) is 0.294. The SMILES string of the molecule is Cc1ccc(Oc2ccc(Br)cc2F)c(CNC2CC2)c1. The number of aryl methyl sites for hydroxylation is 1. The van der Waals surface area contributed by atoms with E-state index in [9.17, 15) is 4.39 Å². The molecule has 0 aliphatic heterocycles. The van der Waals surface area contributed by atoms with Crippen LogP contribution in [0, 0.1) is 12.7 Å². The molecule has 0 saturated heterocycles. The number of hydrogen-bond donors (Lipinski definition) is 1. The maximum absolute atomic E-state index is 13.9. The summed E-state index contributed by atoms with van der Waals surface area (Å²) in [6.07, 6.45) is 2.48. The molecule has 0 unspecified atom stereocenters. The number of nitrogens with one attached hydrogen (secondary N) is 1. The van der Waals surface area contributed by atoms with Crippen LogP contribution in [0.2, 0.25) is 0 Å². The zero-order chi connectivity index (χ0) is 14.8. The molecule has 2 aromatic rings. The standard InChI is InChI=1S/C17H17BrFNO/c1-11-2-6-16(12(8-11)10-20-14-4-5-14)21-17-7-3-13(18)9-15(17)19/h2-3,6-9,14,20H,4-5,10H2,1H3. The molecule has 0 bridgehead atoms. The van der Waals surface area contributed by atoms with Gasteiger partial charge in [-0.2, -0.15) is 0 Å². The van der Waals surface area contributed by atoms with Gasteiger partial charge < -0.3 is 10.1 Å². The maximum atomic E-state index is 13.9. The number of rotatable bonds is 5. The normalized spacial score (nSPS) is 14.2. The van der Waals surface area contributed by atoms with Gasteiger partial charge >= 0.3 is 0 Å². The topological polar surface area (TPSA) is 21.3 Å². The first-order chi connectivity index (χ1) is 10.1. The lowest BCUT2D eigenvalue weighted by Crippen LogP contribution is -2.15. The van der Waals surface area contributed by atoms with Gasteiger partial charge in [-0.15, -0.1) is 0 Å². The van der Waals surface area contributed by atoms with E-state index >= 15 is 0 Å². The first-order valence-electron chi connectivity index (χ1n) is 7.07. The summed E-state index contributed by atoms with van der Waals surface area (Å²) in [5, 5.41) is 3.47. The van der Waals surface area contributed by atoms with Crippen LogP contribution < -0.4 is 10.1 Å². The number of benzene rings is 2. The van der Waals surface area contributed by atoms with Gasteiger partial charge in [0.05, 0.1) is 0 Å². The fourth-order valence-electron chi connectivity index (χ4n) is 2.16. The van der Waals surface area contributed by atoms with E-state index < -0.39 is 0 Å². The van der Waals surface area contributed by atoms with Crippen molar-refractivity contribution in [2.75, 3.05) is 0 Å². The van der Waals surface area contributed by atoms with E-state index in [0.717, 1.165) is 12.1 Å². The van der Waals surface area contributed by atoms with Gasteiger partial charge in [0.15, 0.2) is 11.6 Å². The van der Waals surface area contributed by atoms with Gasteiger partial charge in [0, 0.05) is 22.6 Å². The Kier molecular flexibility index (Phi) is 4.27. The second-order valence-electron chi connectivity index (χ2n) is 5.44. The monoisotopic (exact) mass is 349 g/mol. The van der Waals surface area contributed by atoms with Crippen LogP contribution in [-0.4, -0.2) is 6.04 Å². The van der Waals surface area contributed by atoms with Crippen LogP contribution in [0.1, 0.15) is 24.0 Å². The van der Waals surface area contributed by atoms with Crippen molar-refractivity contribution < 1.29 is 9.13 Å². The summed E-state index contributed by atoms with van der Waals surface area (Å²) >= 11 is 3.25. The zero-order valence-corrected chi connectivity index (χ0v) is 13.4. The minimum absolute atomic E-state index is 0.245. The molecule has 0 atom stereocenters. The molecule has 1 aliphatic rings. The van der Waals surface area contributed by atoms with Crippen molar-refractivity contribution in [3.8, 4) is 11.5 Å². The van der Waals surface area contributed by atoms with Crippen LogP contribution in [0.25, 0.3) is 0 Å². The van der Waals surface area contributed by atoms with Crippen molar-refractivity contribution in [1.29, 1.82) is 0 Å². The lowest BCUT2D eigenvalue weighted by Gasteiger charge is -2.13. The maximum Gasteiger partial charge on any atom is 0.166 e. The van der Waals surface area contributed by atoms with Gasteiger partial charge in [0.2, 0.25) is 0 Å². The van der Waals surface area contributed by atoms with E-state index in [1.54, 1.807) is 12.1 Å². The summed E-state index contributed by atoms with van der Waals surface area (Å²) in [6.45, 7) is 2.80. The largest absolute Gasteiger partial charge is 0.454 e. The minimum Gasteiger partial charge on any atom is -0.454 e. The number of hydrogen-bond acceptors (Lipinski definition) is 2. The molecule has 1 saturated carbocycles. The van der Waals surface area contributed by atoms with Crippen LogP contribution in [0.4, 0.5) is 4.39 Å². The second-order valence-corrected chi connectivity index (χ2v) is 6.36. The van der Waals surface area contributed by atoms with Gasteiger partial charge in [0.25, 0.3) is 0 Å². The Morgan fingerprint density at radius 1 is 1.19 bits per heavy atom. The molecule has 0 aromatic heterocycles. The smallest absolute Gasteiger partial charge is 0.166 e. The Labute approximate surface area is 132 Å². The number of halogens is 2. The van der Waals surface area contributed by atoms with E-state index in [1.165, 1.54) is 24.5 Å². The number of ether oxygens (including phenoxy) is 1. The zero-order valence-electron chi connectivity index (χ0n) is 11.8. The highest BCUT2D eigenvalue weighted by Gasteiger charge is 2.20. The molecule has 2 aromatic carbocycles. The lowest BCUT2D eigenvalue weighted by molar-refractivity contribution is 0.435. The fourth-order valence-corrected chi connectivity index (χ4v) is 2.50. The summed E-state index contributed by atoms with van der Waals surface area (Å²) in [5.41, 5.74) is 2.23. The summed E-state index contributed by atoms with van der Waals surface area (Å²) in [6, 6.07) is 11.4. The van der Waals surface area contributed by atoms with Gasteiger partial charge in [-0.25, -0.2) is 4.39 Å². The van der Waals surface area contributed by atoms with Crippen LogP contribution in [-0.2, 0) is 6.54 Å². The van der Waals surface area contributed by atoms with Crippen molar-refractivity contribution >= 4 is 15.9 Å². The average molecular weight is 350 g/mol. The molecule has 0 radical (unpaired) electrons. The molecule has 0 amide bonds. The predicted octanol–water partition coefficient (Wildman–Crippen LogP) is 4.94. The van der Waals surface area contributed by atoms with E-state index in [-0.39, 0.29) is 11.6 Å². The third-order valence-electron chi connectivity index (χ3n) is 3.49. The highest BCUT2D eigenvalue weighted by Crippen LogP contribution is 2.30. The Morgan fingerprint density at radius 2 is 1.95 bits per heavy atom. The predicted molar refractivity (Wildman–Crippen MR) is 85.2 cm³/mol. The van der Waals surface area contributed by atoms with E-state index in [1.807, 2.05) is 19.1 Å². The molecular weight excluding hydrogens is 333 g/mol. The minimum atomic E-state index is -0.369. The quantitative estimate of drug-likeness (QED) is 0.825. The molecule has 21 heavy (non-hydrogen) atoms. The molecule has 1 aliphatic carbocycles. The van der Waals surface area contributed by atoms with E-state index in [0.29, 0.717) is 16.3 Å². The van der Waals surface area contributed by atoms with E-state index in [2.05, 4.69) is 27.3 Å². The lowest BCUT2D eigenvalue weighted by atomic mass is 10.1. The Balaban J connectivity index is 1.82.